The summed E-state index contributed by atoms with van der Waals surface area (Å²) in [7, 11) is 1.73. The first kappa shape index (κ1) is 18.3. The van der Waals surface area contributed by atoms with Crippen LogP contribution in [0.2, 0.25) is 0 Å². The minimum absolute atomic E-state index is 0.119. The van der Waals surface area contributed by atoms with Gasteiger partial charge in [0.15, 0.2) is 0 Å². The number of carbonyl (C=O) groups is 1. The summed E-state index contributed by atoms with van der Waals surface area (Å²) in [5.74, 6) is 1.82. The van der Waals surface area contributed by atoms with E-state index in [0.717, 1.165) is 49.4 Å². The number of piperidine rings is 1. The Hall–Kier alpha value is -2.75. The predicted octanol–water partition coefficient (Wildman–Crippen LogP) is 5.15. The Morgan fingerprint density at radius 2 is 1.83 bits per heavy atom. The van der Waals surface area contributed by atoms with Crippen LogP contribution >= 0.6 is 0 Å². The van der Waals surface area contributed by atoms with Gasteiger partial charge in [-0.05, 0) is 49.3 Å². The number of anilines is 1. The van der Waals surface area contributed by atoms with E-state index in [-0.39, 0.29) is 11.9 Å². The smallest absolute Gasteiger partial charge is 0.255 e. The van der Waals surface area contributed by atoms with Crippen LogP contribution in [0.1, 0.15) is 59.1 Å². The third-order valence-corrected chi connectivity index (χ3v) is 6.74. The average Bonchev–Trinajstić information content (AvgIpc) is 3.28. The zero-order valence-electron chi connectivity index (χ0n) is 16.9. The molecule has 150 valence electrons. The highest BCUT2D eigenvalue weighted by Crippen LogP contribution is 2.52. The highest BCUT2D eigenvalue weighted by atomic mass is 16.5. The number of allylic oxidation sites excluding steroid dienone is 2. The minimum Gasteiger partial charge on any atom is -0.496 e. The van der Waals surface area contributed by atoms with Crippen LogP contribution in [0.25, 0.3) is 0 Å². The second-order valence-corrected chi connectivity index (χ2v) is 8.34. The summed E-state index contributed by atoms with van der Waals surface area (Å²) in [5, 5.41) is 3.78. The molecular weight excluding hydrogens is 360 g/mol. The first-order chi connectivity index (χ1) is 14.3. The zero-order valence-corrected chi connectivity index (χ0v) is 16.9. The van der Waals surface area contributed by atoms with Crippen LogP contribution in [0.4, 0.5) is 5.69 Å². The Bertz CT molecular complexity index is 946. The number of fused-ring (bicyclic) bond motifs is 3. The van der Waals surface area contributed by atoms with Crippen molar-refractivity contribution in [2.75, 3.05) is 25.5 Å². The summed E-state index contributed by atoms with van der Waals surface area (Å²) in [5.41, 5.74) is 4.23. The standard InChI is InChI=1S/C25H28N2O2/c1-29-22-14-4-3-9-20(22)23-18-11-7-10-17(18)19-12-8-13-21(24(19)26-23)25(28)27-15-5-2-6-16-27/h3-4,7-10,12-14,17-18,23,26H,2,5-6,11,15-16H2,1H3. The van der Waals surface area contributed by atoms with E-state index in [4.69, 9.17) is 4.74 Å². The van der Waals surface area contributed by atoms with Gasteiger partial charge in [-0.15, -0.1) is 0 Å². The van der Waals surface area contributed by atoms with E-state index in [1.807, 2.05) is 29.2 Å². The van der Waals surface area contributed by atoms with Gasteiger partial charge in [0.05, 0.1) is 24.4 Å². The fourth-order valence-electron chi connectivity index (χ4n) is 5.30. The van der Waals surface area contributed by atoms with E-state index in [2.05, 4.69) is 35.7 Å². The maximum Gasteiger partial charge on any atom is 0.255 e. The van der Waals surface area contributed by atoms with Gasteiger partial charge in [-0.3, -0.25) is 4.79 Å². The van der Waals surface area contributed by atoms with Gasteiger partial charge in [0.25, 0.3) is 5.91 Å². The van der Waals surface area contributed by atoms with E-state index in [1.165, 1.54) is 17.5 Å². The summed E-state index contributed by atoms with van der Waals surface area (Å²) < 4.78 is 5.67. The number of ether oxygens (including phenoxy) is 1. The van der Waals surface area contributed by atoms with Gasteiger partial charge in [-0.25, -0.2) is 0 Å². The Labute approximate surface area is 172 Å². The number of para-hydroxylation sites is 2. The highest BCUT2D eigenvalue weighted by Gasteiger charge is 2.40. The van der Waals surface area contributed by atoms with Crippen molar-refractivity contribution in [3.63, 3.8) is 0 Å². The molecular formula is C25H28N2O2. The van der Waals surface area contributed by atoms with Crippen molar-refractivity contribution in [3.05, 3.63) is 71.3 Å². The van der Waals surface area contributed by atoms with E-state index in [0.29, 0.717) is 11.8 Å². The molecule has 1 saturated heterocycles. The topological polar surface area (TPSA) is 41.6 Å². The number of hydrogen-bond acceptors (Lipinski definition) is 3. The van der Waals surface area contributed by atoms with Gasteiger partial charge in [-0.1, -0.05) is 42.5 Å². The first-order valence-corrected chi connectivity index (χ1v) is 10.8. The van der Waals surface area contributed by atoms with E-state index in [9.17, 15) is 4.79 Å². The number of nitrogens with zero attached hydrogens (tertiary/aromatic N) is 1. The number of methoxy groups -OCH3 is 1. The molecule has 0 spiro atoms. The molecule has 1 N–H and O–H groups in total. The van der Waals surface area contributed by atoms with Gasteiger partial charge in [-0.2, -0.15) is 0 Å². The number of benzene rings is 2. The second-order valence-electron chi connectivity index (χ2n) is 8.34. The van der Waals surface area contributed by atoms with Crippen molar-refractivity contribution < 1.29 is 9.53 Å². The number of carbonyl (C=O) groups excluding carboxylic acids is 1. The number of rotatable bonds is 3. The molecule has 1 aliphatic carbocycles. The lowest BCUT2D eigenvalue weighted by Gasteiger charge is -2.39. The monoisotopic (exact) mass is 388 g/mol. The summed E-state index contributed by atoms with van der Waals surface area (Å²) in [6.07, 6.45) is 9.07. The van der Waals surface area contributed by atoms with Gasteiger partial charge >= 0.3 is 0 Å². The Morgan fingerprint density at radius 1 is 1.03 bits per heavy atom. The fourth-order valence-corrected chi connectivity index (χ4v) is 5.30. The lowest BCUT2D eigenvalue weighted by molar-refractivity contribution is 0.0725. The molecule has 0 radical (unpaired) electrons. The quantitative estimate of drug-likeness (QED) is 0.740. The van der Waals surface area contributed by atoms with Gasteiger partial charge < -0.3 is 15.0 Å². The molecule has 2 aliphatic heterocycles. The van der Waals surface area contributed by atoms with Crippen LogP contribution in [0.3, 0.4) is 0 Å². The summed E-state index contributed by atoms with van der Waals surface area (Å²) in [4.78, 5) is 15.4. The molecule has 2 aromatic rings. The lowest BCUT2D eigenvalue weighted by Crippen LogP contribution is -2.37. The molecule has 4 heteroatoms. The Balaban J connectivity index is 1.57. The molecule has 3 atom stereocenters. The van der Waals surface area contributed by atoms with Crippen LogP contribution in [0.5, 0.6) is 5.75 Å². The third kappa shape index (κ3) is 3.11. The van der Waals surface area contributed by atoms with E-state index in [1.54, 1.807) is 7.11 Å². The largest absolute Gasteiger partial charge is 0.496 e. The number of amides is 1. The van der Waals surface area contributed by atoms with Crippen molar-refractivity contribution in [2.24, 2.45) is 5.92 Å². The molecule has 1 amide bonds. The molecule has 1 fully saturated rings. The molecule has 2 aromatic carbocycles. The molecule has 29 heavy (non-hydrogen) atoms. The molecule has 3 aliphatic rings. The maximum atomic E-state index is 13.4. The predicted molar refractivity (Wildman–Crippen MR) is 116 cm³/mol. The number of hydrogen-bond donors (Lipinski definition) is 1. The van der Waals surface area contributed by atoms with Gasteiger partial charge in [0.1, 0.15) is 5.75 Å². The fraction of sp³-hybridized carbons (Fsp3) is 0.400. The molecule has 0 bridgehead atoms. The molecule has 0 aromatic heterocycles. The van der Waals surface area contributed by atoms with Crippen molar-refractivity contribution in [1.29, 1.82) is 0 Å². The second kappa shape index (κ2) is 7.58. The number of nitrogens with one attached hydrogen (secondary N) is 1. The maximum absolute atomic E-state index is 13.4. The van der Waals surface area contributed by atoms with Gasteiger partial charge in [0, 0.05) is 24.6 Å². The number of likely N-dealkylation sites (tertiary alicyclic amines) is 1. The third-order valence-electron chi connectivity index (χ3n) is 6.74. The van der Waals surface area contributed by atoms with Crippen molar-refractivity contribution in [2.45, 2.75) is 37.6 Å². The zero-order chi connectivity index (χ0) is 19.8. The van der Waals surface area contributed by atoms with Crippen LogP contribution < -0.4 is 10.1 Å². The van der Waals surface area contributed by atoms with Crippen molar-refractivity contribution in [3.8, 4) is 5.75 Å². The molecule has 3 unspecified atom stereocenters. The molecule has 4 nitrogen and oxygen atoms in total. The molecule has 0 saturated carbocycles. The summed E-state index contributed by atoms with van der Waals surface area (Å²) in [6.45, 7) is 1.73. The summed E-state index contributed by atoms with van der Waals surface area (Å²) >= 11 is 0. The lowest BCUT2D eigenvalue weighted by atomic mass is 9.76. The highest BCUT2D eigenvalue weighted by molar-refractivity contribution is 6.01. The normalized spacial score (nSPS) is 25.1. The van der Waals surface area contributed by atoms with Crippen molar-refractivity contribution >= 4 is 11.6 Å². The van der Waals surface area contributed by atoms with E-state index < -0.39 is 0 Å². The van der Waals surface area contributed by atoms with Crippen LogP contribution in [-0.4, -0.2) is 31.0 Å². The Morgan fingerprint density at radius 3 is 2.66 bits per heavy atom. The van der Waals surface area contributed by atoms with Crippen LogP contribution in [-0.2, 0) is 0 Å². The summed E-state index contributed by atoms with van der Waals surface area (Å²) in [6, 6.07) is 14.6. The SMILES string of the molecule is COc1ccccc1C1Nc2c(C(=O)N3CCCCC3)cccc2C2C=CCC21. The molecule has 2 heterocycles. The van der Waals surface area contributed by atoms with Crippen LogP contribution in [0, 0.1) is 5.92 Å². The Kier molecular flexibility index (Phi) is 4.78. The average molecular weight is 389 g/mol. The van der Waals surface area contributed by atoms with E-state index >= 15 is 0 Å². The van der Waals surface area contributed by atoms with Gasteiger partial charge in [0.2, 0.25) is 0 Å². The van der Waals surface area contributed by atoms with Crippen molar-refractivity contribution in [1.82, 2.24) is 4.90 Å². The molecule has 5 rings (SSSR count). The first-order valence-electron chi connectivity index (χ1n) is 10.8. The van der Waals surface area contributed by atoms with Crippen LogP contribution in [0.15, 0.2) is 54.6 Å². The minimum atomic E-state index is 0.119.